The number of nitrogens with zero attached hydrogens (tertiary/aromatic N) is 1. The van der Waals surface area contributed by atoms with Crippen molar-refractivity contribution in [2.45, 2.75) is 11.4 Å². The molecule has 0 unspecified atom stereocenters. The van der Waals surface area contributed by atoms with Crippen molar-refractivity contribution in [3.8, 4) is 5.75 Å². The van der Waals surface area contributed by atoms with Gasteiger partial charge in [0, 0.05) is 30.8 Å². The first kappa shape index (κ1) is 20.2. The molecule has 0 saturated carbocycles. The van der Waals surface area contributed by atoms with E-state index in [0.717, 1.165) is 21.5 Å². The minimum Gasteiger partial charge on any atom is -0.497 e. The molecular weight excluding hydrogens is 442 g/mol. The molecule has 0 aliphatic carbocycles. The number of hydrogen-bond donors (Lipinski definition) is 2. The van der Waals surface area contributed by atoms with Crippen molar-refractivity contribution in [3.63, 3.8) is 0 Å². The summed E-state index contributed by atoms with van der Waals surface area (Å²) in [4.78, 5) is 4.63. The van der Waals surface area contributed by atoms with E-state index < -0.39 is 9.84 Å². The Bertz CT molecular complexity index is 1070. The van der Waals surface area contributed by atoms with E-state index in [2.05, 4.69) is 31.5 Å². The molecule has 0 fully saturated rings. The number of halogens is 1. The van der Waals surface area contributed by atoms with E-state index in [9.17, 15) is 8.42 Å². The standard InChI is InChI=1S/C20H20BrN3O3S/c1-27-16-8-6-14(7-9-16)12-22-20-11-19(18(21)13-23-20)24-15-4-3-5-17(10-15)28(2,25)26/h3-11,13H,12H2,1-2H3,(H2,22,23,24). The summed E-state index contributed by atoms with van der Waals surface area (Å²) >= 11 is 3.47. The summed E-state index contributed by atoms with van der Waals surface area (Å²) < 4.78 is 29.4. The zero-order valence-electron chi connectivity index (χ0n) is 15.4. The van der Waals surface area contributed by atoms with Gasteiger partial charge in [0.1, 0.15) is 11.6 Å². The highest BCUT2D eigenvalue weighted by Crippen LogP contribution is 2.28. The number of sulfone groups is 1. The number of rotatable bonds is 7. The predicted octanol–water partition coefficient (Wildman–Crippen LogP) is 4.61. The fourth-order valence-electron chi connectivity index (χ4n) is 2.53. The molecule has 3 aromatic rings. The van der Waals surface area contributed by atoms with Gasteiger partial charge >= 0.3 is 0 Å². The minimum absolute atomic E-state index is 0.264. The first-order chi connectivity index (χ1) is 13.3. The predicted molar refractivity (Wildman–Crippen MR) is 115 cm³/mol. The van der Waals surface area contributed by atoms with Crippen LogP contribution in [0.25, 0.3) is 0 Å². The van der Waals surface area contributed by atoms with Gasteiger partial charge in [-0.1, -0.05) is 18.2 Å². The van der Waals surface area contributed by atoms with Gasteiger partial charge in [-0.15, -0.1) is 0 Å². The molecule has 0 aliphatic heterocycles. The lowest BCUT2D eigenvalue weighted by atomic mass is 10.2. The summed E-state index contributed by atoms with van der Waals surface area (Å²) in [5, 5.41) is 6.51. The van der Waals surface area contributed by atoms with Crippen LogP contribution >= 0.6 is 15.9 Å². The van der Waals surface area contributed by atoms with E-state index in [1.165, 1.54) is 6.26 Å². The summed E-state index contributed by atoms with van der Waals surface area (Å²) in [6.45, 7) is 0.613. The van der Waals surface area contributed by atoms with Gasteiger partial charge in [0.2, 0.25) is 0 Å². The van der Waals surface area contributed by atoms with Crippen LogP contribution in [-0.2, 0) is 16.4 Å². The molecule has 2 aromatic carbocycles. The van der Waals surface area contributed by atoms with Crippen LogP contribution in [0.2, 0.25) is 0 Å². The molecule has 0 amide bonds. The normalized spacial score (nSPS) is 11.1. The van der Waals surface area contributed by atoms with E-state index in [0.29, 0.717) is 18.1 Å². The second-order valence-corrected chi connectivity index (χ2v) is 9.05. The Kier molecular flexibility index (Phi) is 6.21. The Labute approximate surface area is 173 Å². The van der Waals surface area contributed by atoms with Gasteiger partial charge in [0.05, 0.1) is 22.2 Å². The highest BCUT2D eigenvalue weighted by molar-refractivity contribution is 9.10. The largest absolute Gasteiger partial charge is 0.497 e. The molecular formula is C20H20BrN3O3S. The van der Waals surface area contributed by atoms with E-state index in [1.807, 2.05) is 36.4 Å². The summed E-state index contributed by atoms with van der Waals surface area (Å²) in [6.07, 6.45) is 2.88. The Morgan fingerprint density at radius 3 is 2.54 bits per heavy atom. The molecule has 28 heavy (non-hydrogen) atoms. The van der Waals surface area contributed by atoms with Crippen molar-refractivity contribution in [1.29, 1.82) is 0 Å². The average molecular weight is 462 g/mol. The quantitative estimate of drug-likeness (QED) is 0.534. The number of pyridine rings is 1. The molecule has 6 nitrogen and oxygen atoms in total. The van der Waals surface area contributed by atoms with Crippen LogP contribution < -0.4 is 15.4 Å². The maximum absolute atomic E-state index is 11.8. The molecule has 1 heterocycles. The van der Waals surface area contributed by atoms with Crippen LogP contribution in [0.1, 0.15) is 5.56 Å². The second-order valence-electron chi connectivity index (χ2n) is 6.18. The van der Waals surface area contributed by atoms with Gasteiger partial charge in [0.25, 0.3) is 0 Å². The maximum Gasteiger partial charge on any atom is 0.175 e. The van der Waals surface area contributed by atoms with E-state index in [4.69, 9.17) is 4.74 Å². The first-order valence-corrected chi connectivity index (χ1v) is 11.1. The van der Waals surface area contributed by atoms with Crippen molar-refractivity contribution in [2.24, 2.45) is 0 Å². The fourth-order valence-corrected chi connectivity index (χ4v) is 3.51. The number of ether oxygens (including phenoxy) is 1. The number of hydrogen-bond acceptors (Lipinski definition) is 6. The lowest BCUT2D eigenvalue weighted by Gasteiger charge is -2.12. The molecule has 0 atom stereocenters. The monoisotopic (exact) mass is 461 g/mol. The Morgan fingerprint density at radius 2 is 1.86 bits per heavy atom. The van der Waals surface area contributed by atoms with Crippen LogP contribution in [-0.4, -0.2) is 26.8 Å². The Hall–Kier alpha value is -2.58. The van der Waals surface area contributed by atoms with E-state index >= 15 is 0 Å². The van der Waals surface area contributed by atoms with Crippen LogP contribution in [0.5, 0.6) is 5.75 Å². The van der Waals surface area contributed by atoms with Crippen LogP contribution in [0.3, 0.4) is 0 Å². The summed E-state index contributed by atoms with van der Waals surface area (Å²) in [5.74, 6) is 1.51. The summed E-state index contributed by atoms with van der Waals surface area (Å²) in [6, 6.07) is 16.3. The molecule has 146 valence electrons. The second kappa shape index (κ2) is 8.62. The number of anilines is 3. The number of methoxy groups -OCH3 is 1. The van der Waals surface area contributed by atoms with Crippen molar-refractivity contribution in [1.82, 2.24) is 4.98 Å². The third-order valence-corrected chi connectivity index (χ3v) is 5.77. The number of nitrogens with one attached hydrogen (secondary N) is 2. The van der Waals surface area contributed by atoms with Gasteiger partial charge in [-0.3, -0.25) is 0 Å². The lowest BCUT2D eigenvalue weighted by molar-refractivity contribution is 0.414. The molecule has 2 N–H and O–H groups in total. The Balaban J connectivity index is 1.74. The van der Waals surface area contributed by atoms with E-state index in [1.54, 1.807) is 31.5 Å². The fraction of sp³-hybridized carbons (Fsp3) is 0.150. The van der Waals surface area contributed by atoms with Crippen LogP contribution in [0.15, 0.2) is 70.2 Å². The molecule has 0 radical (unpaired) electrons. The first-order valence-electron chi connectivity index (χ1n) is 8.44. The van der Waals surface area contributed by atoms with Gasteiger partial charge in [-0.25, -0.2) is 13.4 Å². The van der Waals surface area contributed by atoms with Gasteiger partial charge in [-0.05, 0) is 51.8 Å². The van der Waals surface area contributed by atoms with Crippen molar-refractivity contribution in [3.05, 3.63) is 70.8 Å². The molecule has 3 rings (SSSR count). The van der Waals surface area contributed by atoms with Crippen molar-refractivity contribution in [2.75, 3.05) is 24.0 Å². The number of aromatic nitrogens is 1. The molecule has 1 aromatic heterocycles. The van der Waals surface area contributed by atoms with E-state index in [-0.39, 0.29) is 4.90 Å². The highest BCUT2D eigenvalue weighted by Gasteiger charge is 2.09. The zero-order valence-corrected chi connectivity index (χ0v) is 17.8. The molecule has 0 spiro atoms. The smallest absolute Gasteiger partial charge is 0.175 e. The molecule has 8 heteroatoms. The minimum atomic E-state index is -3.27. The van der Waals surface area contributed by atoms with Gasteiger partial charge in [-0.2, -0.15) is 0 Å². The van der Waals surface area contributed by atoms with Crippen LogP contribution in [0, 0.1) is 0 Å². The topological polar surface area (TPSA) is 80.3 Å². The third kappa shape index (κ3) is 5.24. The van der Waals surface area contributed by atoms with Crippen molar-refractivity contribution >= 4 is 43.0 Å². The molecule has 0 aliphatic rings. The highest BCUT2D eigenvalue weighted by atomic mass is 79.9. The number of benzene rings is 2. The summed E-state index contributed by atoms with van der Waals surface area (Å²) in [5.41, 5.74) is 2.55. The Morgan fingerprint density at radius 1 is 1.11 bits per heavy atom. The zero-order chi connectivity index (χ0) is 20.1. The molecule has 0 saturated heterocycles. The van der Waals surface area contributed by atoms with Crippen molar-refractivity contribution < 1.29 is 13.2 Å². The summed E-state index contributed by atoms with van der Waals surface area (Å²) in [7, 11) is -1.63. The maximum atomic E-state index is 11.8. The average Bonchev–Trinajstić information content (AvgIpc) is 2.68. The van der Waals surface area contributed by atoms with Gasteiger partial charge < -0.3 is 15.4 Å². The lowest BCUT2D eigenvalue weighted by Crippen LogP contribution is -2.03. The third-order valence-electron chi connectivity index (χ3n) is 4.03. The molecule has 0 bridgehead atoms. The van der Waals surface area contributed by atoms with Gasteiger partial charge in [0.15, 0.2) is 9.84 Å². The van der Waals surface area contributed by atoms with Crippen LogP contribution in [0.4, 0.5) is 17.2 Å². The SMILES string of the molecule is COc1ccc(CNc2cc(Nc3cccc(S(C)(=O)=O)c3)c(Br)cn2)cc1.